The second kappa shape index (κ2) is 9.06. The van der Waals surface area contributed by atoms with Crippen LogP contribution in [-0.4, -0.2) is 57.9 Å². The maximum atomic E-state index is 12.4. The minimum Gasteiger partial charge on any atom is -0.383 e. The van der Waals surface area contributed by atoms with Gasteiger partial charge in [0.2, 0.25) is 0 Å². The quantitative estimate of drug-likeness (QED) is 0.672. The molecule has 0 unspecified atom stereocenters. The molecular weight excluding hydrogens is 260 g/mol. The van der Waals surface area contributed by atoms with Crippen LogP contribution in [0.2, 0.25) is 0 Å². The van der Waals surface area contributed by atoms with Crippen molar-refractivity contribution >= 4 is 18.1 Å². The van der Waals surface area contributed by atoms with Gasteiger partial charge in [0.1, 0.15) is 0 Å². The first kappa shape index (κ1) is 16.1. The van der Waals surface area contributed by atoms with E-state index >= 15 is 0 Å². The molecule has 109 valence electrons. The van der Waals surface area contributed by atoms with Crippen LogP contribution in [0.3, 0.4) is 0 Å². The van der Waals surface area contributed by atoms with Crippen molar-refractivity contribution in [3.05, 3.63) is 30.3 Å². The van der Waals surface area contributed by atoms with Crippen molar-refractivity contribution in [3.63, 3.8) is 0 Å². The molecule has 0 heterocycles. The Hall–Kier alpha value is -1.92. The first-order chi connectivity index (χ1) is 9.74. The van der Waals surface area contributed by atoms with Crippen LogP contribution in [0, 0.1) is 0 Å². The zero-order chi connectivity index (χ0) is 14.8. The van der Waals surface area contributed by atoms with Crippen LogP contribution in [0.4, 0.5) is 10.5 Å². The summed E-state index contributed by atoms with van der Waals surface area (Å²) in [5, 5.41) is 0. The van der Waals surface area contributed by atoms with Gasteiger partial charge >= 0.3 is 12.4 Å². The van der Waals surface area contributed by atoms with E-state index in [1.165, 1.54) is 4.90 Å². The summed E-state index contributed by atoms with van der Waals surface area (Å²) in [6, 6.07) is 8.22. The molecule has 0 aromatic heterocycles. The Labute approximate surface area is 118 Å². The Morgan fingerprint density at radius 2 is 1.65 bits per heavy atom. The first-order valence-corrected chi connectivity index (χ1v) is 6.24. The summed E-state index contributed by atoms with van der Waals surface area (Å²) in [6.45, 7) is 1.53. The Bertz CT molecular complexity index is 403. The maximum absolute atomic E-state index is 12.4. The summed E-state index contributed by atoms with van der Waals surface area (Å²) in [4.78, 5) is 25.9. The van der Waals surface area contributed by atoms with E-state index in [-0.39, 0.29) is 0 Å². The summed E-state index contributed by atoms with van der Waals surface area (Å²) in [5.74, 6) is 0. The molecule has 0 saturated heterocycles. The molecule has 0 bridgehead atoms. The molecule has 0 spiro atoms. The number of urea groups is 1. The number of para-hydroxylation sites is 1. The number of ether oxygens (including phenoxy) is 2. The predicted molar refractivity (Wildman–Crippen MR) is 75.3 cm³/mol. The van der Waals surface area contributed by atoms with Crippen molar-refractivity contribution in [2.75, 3.05) is 45.4 Å². The Kier molecular flexibility index (Phi) is 7.31. The molecule has 0 aliphatic heterocycles. The molecule has 0 aliphatic carbocycles. The zero-order valence-electron chi connectivity index (χ0n) is 11.7. The standard InChI is InChI=1S/C14H19N2O4/c1-19-10-8-15(9-11-20-2)14(18)16(12-17)13-6-4-3-5-7-13/h3-7H,8-11H2,1-2H3. The molecule has 1 aromatic rings. The molecule has 0 atom stereocenters. The number of rotatable bonds is 8. The number of anilines is 1. The lowest BCUT2D eigenvalue weighted by molar-refractivity contribution is 0.126. The van der Waals surface area contributed by atoms with E-state index in [4.69, 9.17) is 9.47 Å². The summed E-state index contributed by atoms with van der Waals surface area (Å²) in [7, 11) is 3.11. The van der Waals surface area contributed by atoms with Gasteiger partial charge in [-0.25, -0.2) is 9.69 Å². The number of carbonyl (C=O) groups is 1. The third-order valence-corrected chi connectivity index (χ3v) is 2.70. The summed E-state index contributed by atoms with van der Waals surface area (Å²) < 4.78 is 9.94. The Morgan fingerprint density at radius 3 is 2.10 bits per heavy atom. The van der Waals surface area contributed by atoms with Crippen molar-refractivity contribution in [3.8, 4) is 0 Å². The molecule has 3 amide bonds. The number of imide groups is 1. The van der Waals surface area contributed by atoms with Crippen LogP contribution in [0.5, 0.6) is 0 Å². The van der Waals surface area contributed by atoms with Gasteiger partial charge in [-0.1, -0.05) is 18.2 Å². The molecule has 6 nitrogen and oxygen atoms in total. The van der Waals surface area contributed by atoms with Crippen LogP contribution >= 0.6 is 0 Å². The van der Waals surface area contributed by atoms with Gasteiger partial charge in [0.15, 0.2) is 0 Å². The average Bonchev–Trinajstić information content (AvgIpc) is 2.49. The number of benzene rings is 1. The highest BCUT2D eigenvalue weighted by Crippen LogP contribution is 2.13. The molecule has 1 radical (unpaired) electrons. The van der Waals surface area contributed by atoms with Gasteiger partial charge in [-0.05, 0) is 12.1 Å². The van der Waals surface area contributed by atoms with Crippen molar-refractivity contribution in [2.24, 2.45) is 0 Å². The fraction of sp³-hybridized carbons (Fsp3) is 0.429. The summed E-state index contributed by atoms with van der Waals surface area (Å²) in [5.41, 5.74) is 0.479. The normalized spacial score (nSPS) is 10.1. The average molecular weight is 279 g/mol. The lowest BCUT2D eigenvalue weighted by Gasteiger charge is -2.26. The molecule has 0 saturated carbocycles. The molecule has 1 rings (SSSR count). The van der Waals surface area contributed by atoms with E-state index in [2.05, 4.69) is 0 Å². The number of nitrogens with zero attached hydrogens (tertiary/aromatic N) is 2. The highest BCUT2D eigenvalue weighted by molar-refractivity contribution is 6.06. The highest BCUT2D eigenvalue weighted by Gasteiger charge is 2.22. The third-order valence-electron chi connectivity index (χ3n) is 2.70. The van der Waals surface area contributed by atoms with Gasteiger partial charge in [0.25, 0.3) is 0 Å². The van der Waals surface area contributed by atoms with Crippen LogP contribution in [-0.2, 0) is 14.3 Å². The van der Waals surface area contributed by atoms with Crippen LogP contribution in [0.1, 0.15) is 0 Å². The SMILES string of the molecule is COCCN(CCOC)C(=O)N([C]=O)c1ccccc1. The molecule has 1 aromatic carbocycles. The fourth-order valence-electron chi connectivity index (χ4n) is 1.63. The van der Waals surface area contributed by atoms with Gasteiger partial charge in [0, 0.05) is 27.3 Å². The molecule has 0 fully saturated rings. The number of hydrogen-bond donors (Lipinski definition) is 0. The van der Waals surface area contributed by atoms with E-state index in [9.17, 15) is 9.59 Å². The second-order valence-electron chi connectivity index (χ2n) is 4.02. The molecular formula is C14H19N2O4. The third kappa shape index (κ3) is 4.64. The van der Waals surface area contributed by atoms with Crippen molar-refractivity contribution in [1.82, 2.24) is 4.90 Å². The van der Waals surface area contributed by atoms with Gasteiger partial charge in [-0.3, -0.25) is 4.79 Å². The van der Waals surface area contributed by atoms with E-state index in [1.807, 2.05) is 6.07 Å². The lowest BCUT2D eigenvalue weighted by Crippen LogP contribution is -2.45. The minimum absolute atomic E-state index is 0.379. The minimum atomic E-state index is -0.444. The van der Waals surface area contributed by atoms with Crippen LogP contribution < -0.4 is 4.90 Å². The molecule has 0 aliphatic rings. The van der Waals surface area contributed by atoms with Gasteiger partial charge in [0.05, 0.1) is 18.9 Å². The number of methoxy groups -OCH3 is 2. The summed E-state index contributed by atoms with van der Waals surface area (Å²) >= 11 is 0. The molecule has 20 heavy (non-hydrogen) atoms. The van der Waals surface area contributed by atoms with Crippen molar-refractivity contribution in [1.29, 1.82) is 0 Å². The van der Waals surface area contributed by atoms with Gasteiger partial charge < -0.3 is 14.4 Å². The van der Waals surface area contributed by atoms with Gasteiger partial charge in [-0.2, -0.15) is 0 Å². The van der Waals surface area contributed by atoms with E-state index in [0.29, 0.717) is 32.0 Å². The maximum Gasteiger partial charge on any atom is 0.331 e. The largest absolute Gasteiger partial charge is 0.383 e. The Morgan fingerprint density at radius 1 is 1.10 bits per heavy atom. The number of hydrogen-bond acceptors (Lipinski definition) is 4. The predicted octanol–water partition coefficient (Wildman–Crippen LogP) is 1.27. The van der Waals surface area contributed by atoms with Crippen LogP contribution in [0.15, 0.2) is 30.3 Å². The highest BCUT2D eigenvalue weighted by atomic mass is 16.5. The first-order valence-electron chi connectivity index (χ1n) is 6.24. The lowest BCUT2D eigenvalue weighted by atomic mass is 10.3. The summed E-state index contributed by atoms with van der Waals surface area (Å²) in [6.07, 6.45) is 1.66. The Balaban J connectivity index is 2.81. The molecule has 0 N–H and O–H groups in total. The van der Waals surface area contributed by atoms with E-state index < -0.39 is 6.03 Å². The van der Waals surface area contributed by atoms with Crippen molar-refractivity contribution < 1.29 is 19.1 Å². The number of carbonyl (C=O) groups excluding carboxylic acids is 2. The smallest absolute Gasteiger partial charge is 0.331 e. The monoisotopic (exact) mass is 279 g/mol. The molecule has 6 heteroatoms. The fourth-order valence-corrected chi connectivity index (χ4v) is 1.63. The zero-order valence-corrected chi connectivity index (χ0v) is 11.7. The van der Waals surface area contributed by atoms with Gasteiger partial charge in [-0.15, -0.1) is 0 Å². The second-order valence-corrected chi connectivity index (χ2v) is 4.02. The van der Waals surface area contributed by atoms with Crippen molar-refractivity contribution in [2.45, 2.75) is 0 Å². The number of amides is 3. The van der Waals surface area contributed by atoms with E-state index in [0.717, 1.165) is 4.90 Å². The van der Waals surface area contributed by atoms with Crippen LogP contribution in [0.25, 0.3) is 0 Å². The van der Waals surface area contributed by atoms with E-state index in [1.54, 1.807) is 44.9 Å². The topological polar surface area (TPSA) is 59.1 Å².